The lowest BCUT2D eigenvalue weighted by molar-refractivity contribution is 0.601. The van der Waals surface area contributed by atoms with Crippen LogP contribution in [0, 0.1) is 5.92 Å². The third kappa shape index (κ3) is 2.35. The highest BCUT2D eigenvalue weighted by Crippen LogP contribution is 2.21. The number of allylic oxidation sites excluding steroid dienone is 5. The molecular formula is C11H17N. The Hall–Kier alpha value is -0.820. The average Bonchev–Trinajstić information content (AvgIpc) is 2.06. The van der Waals surface area contributed by atoms with Crippen molar-refractivity contribution in [3.8, 4) is 0 Å². The van der Waals surface area contributed by atoms with Crippen LogP contribution in [0.15, 0.2) is 36.0 Å². The first-order chi connectivity index (χ1) is 5.74. The van der Waals surface area contributed by atoms with Crippen molar-refractivity contribution in [3.05, 3.63) is 36.0 Å². The molecular weight excluding hydrogens is 146 g/mol. The van der Waals surface area contributed by atoms with E-state index in [2.05, 4.69) is 24.8 Å². The molecule has 0 radical (unpaired) electrons. The molecule has 1 aliphatic rings. The Balaban J connectivity index is 2.49. The quantitative estimate of drug-likeness (QED) is 0.679. The van der Waals surface area contributed by atoms with Crippen LogP contribution in [0.1, 0.15) is 19.8 Å². The van der Waals surface area contributed by atoms with Crippen molar-refractivity contribution in [3.63, 3.8) is 0 Å². The standard InChI is InChI=1S/C11H17N/c1-9(2)11-5-3-10(4-6-11)7-8-12/h3,5-6,10H,1,4,7-8,12H2,2H3. The molecule has 0 heterocycles. The molecule has 1 rings (SSSR count). The Morgan fingerprint density at radius 3 is 2.92 bits per heavy atom. The van der Waals surface area contributed by atoms with E-state index in [1.165, 1.54) is 5.57 Å². The number of rotatable bonds is 3. The smallest absolute Gasteiger partial charge is 0.00715 e. The summed E-state index contributed by atoms with van der Waals surface area (Å²) in [6.45, 7) is 6.73. The zero-order valence-electron chi connectivity index (χ0n) is 7.72. The fourth-order valence-electron chi connectivity index (χ4n) is 1.41. The van der Waals surface area contributed by atoms with Crippen LogP contribution in [0.5, 0.6) is 0 Å². The predicted molar refractivity (Wildman–Crippen MR) is 53.8 cm³/mol. The van der Waals surface area contributed by atoms with E-state index in [0.717, 1.165) is 25.0 Å². The molecule has 1 aliphatic carbocycles. The Labute approximate surface area is 74.7 Å². The van der Waals surface area contributed by atoms with Crippen LogP contribution in [-0.4, -0.2) is 6.54 Å². The SMILES string of the molecule is C=C(C)C1=CCC(CCN)C=C1. The Morgan fingerprint density at radius 2 is 2.50 bits per heavy atom. The molecule has 1 heteroatoms. The van der Waals surface area contributed by atoms with Crippen LogP contribution in [0.4, 0.5) is 0 Å². The van der Waals surface area contributed by atoms with E-state index in [9.17, 15) is 0 Å². The van der Waals surface area contributed by atoms with Crippen LogP contribution in [0.3, 0.4) is 0 Å². The summed E-state index contributed by atoms with van der Waals surface area (Å²) in [7, 11) is 0. The van der Waals surface area contributed by atoms with Gasteiger partial charge in [0, 0.05) is 0 Å². The number of hydrogen-bond acceptors (Lipinski definition) is 1. The highest BCUT2D eigenvalue weighted by molar-refractivity contribution is 5.38. The lowest BCUT2D eigenvalue weighted by Crippen LogP contribution is -2.08. The molecule has 0 fully saturated rings. The first kappa shape index (κ1) is 9.27. The van der Waals surface area contributed by atoms with Gasteiger partial charge in [0.2, 0.25) is 0 Å². The van der Waals surface area contributed by atoms with Gasteiger partial charge in [0.25, 0.3) is 0 Å². The minimum atomic E-state index is 0.651. The highest BCUT2D eigenvalue weighted by atomic mass is 14.5. The van der Waals surface area contributed by atoms with Gasteiger partial charge in [0.05, 0.1) is 0 Å². The van der Waals surface area contributed by atoms with Gasteiger partial charge in [-0.15, -0.1) is 0 Å². The molecule has 0 bridgehead atoms. The second-order valence-electron chi connectivity index (χ2n) is 3.37. The van der Waals surface area contributed by atoms with Gasteiger partial charge >= 0.3 is 0 Å². The molecule has 1 nitrogen and oxygen atoms in total. The molecule has 0 aromatic rings. The summed E-state index contributed by atoms with van der Waals surface area (Å²) in [5.74, 6) is 0.651. The Bertz CT molecular complexity index is 223. The second kappa shape index (κ2) is 4.27. The van der Waals surface area contributed by atoms with Crippen molar-refractivity contribution >= 4 is 0 Å². The molecule has 0 spiro atoms. The largest absolute Gasteiger partial charge is 0.330 e. The van der Waals surface area contributed by atoms with E-state index in [0.29, 0.717) is 5.92 Å². The summed E-state index contributed by atoms with van der Waals surface area (Å²) in [5, 5.41) is 0. The monoisotopic (exact) mass is 163 g/mol. The van der Waals surface area contributed by atoms with Crippen molar-refractivity contribution < 1.29 is 0 Å². The molecule has 0 aromatic carbocycles. The van der Waals surface area contributed by atoms with Gasteiger partial charge in [-0.25, -0.2) is 0 Å². The summed E-state index contributed by atoms with van der Waals surface area (Å²) in [5.41, 5.74) is 7.91. The average molecular weight is 163 g/mol. The summed E-state index contributed by atoms with van der Waals surface area (Å²) < 4.78 is 0. The van der Waals surface area contributed by atoms with Crippen LogP contribution in [0.2, 0.25) is 0 Å². The van der Waals surface area contributed by atoms with E-state index >= 15 is 0 Å². The van der Waals surface area contributed by atoms with Gasteiger partial charge in [0.15, 0.2) is 0 Å². The molecule has 2 N–H and O–H groups in total. The summed E-state index contributed by atoms with van der Waals surface area (Å²) in [4.78, 5) is 0. The zero-order valence-corrected chi connectivity index (χ0v) is 7.72. The summed E-state index contributed by atoms with van der Waals surface area (Å²) in [6, 6.07) is 0. The minimum absolute atomic E-state index is 0.651. The lowest BCUT2D eigenvalue weighted by Gasteiger charge is -2.14. The molecule has 12 heavy (non-hydrogen) atoms. The molecule has 0 saturated carbocycles. The van der Waals surface area contributed by atoms with Gasteiger partial charge in [-0.1, -0.05) is 30.4 Å². The molecule has 1 atom stereocenters. The number of hydrogen-bond donors (Lipinski definition) is 1. The van der Waals surface area contributed by atoms with E-state index in [4.69, 9.17) is 5.73 Å². The first-order valence-electron chi connectivity index (χ1n) is 4.48. The topological polar surface area (TPSA) is 26.0 Å². The highest BCUT2D eigenvalue weighted by Gasteiger charge is 2.07. The third-order valence-corrected chi connectivity index (χ3v) is 2.22. The molecule has 0 aliphatic heterocycles. The second-order valence-corrected chi connectivity index (χ2v) is 3.37. The van der Waals surface area contributed by atoms with Crippen LogP contribution < -0.4 is 5.73 Å². The fourth-order valence-corrected chi connectivity index (χ4v) is 1.41. The van der Waals surface area contributed by atoms with Gasteiger partial charge in [-0.3, -0.25) is 0 Å². The first-order valence-corrected chi connectivity index (χ1v) is 4.48. The van der Waals surface area contributed by atoms with Crippen molar-refractivity contribution in [2.45, 2.75) is 19.8 Å². The van der Waals surface area contributed by atoms with Crippen molar-refractivity contribution in [1.82, 2.24) is 0 Å². The molecule has 66 valence electrons. The maximum atomic E-state index is 5.48. The van der Waals surface area contributed by atoms with E-state index in [1.54, 1.807) is 0 Å². The summed E-state index contributed by atoms with van der Waals surface area (Å²) in [6.07, 6.45) is 8.87. The van der Waals surface area contributed by atoms with Crippen molar-refractivity contribution in [2.75, 3.05) is 6.54 Å². The van der Waals surface area contributed by atoms with Gasteiger partial charge in [-0.2, -0.15) is 0 Å². The normalized spacial score (nSPS) is 22.2. The maximum absolute atomic E-state index is 5.48. The lowest BCUT2D eigenvalue weighted by atomic mass is 9.92. The van der Waals surface area contributed by atoms with E-state index < -0.39 is 0 Å². The van der Waals surface area contributed by atoms with Crippen LogP contribution >= 0.6 is 0 Å². The third-order valence-electron chi connectivity index (χ3n) is 2.22. The van der Waals surface area contributed by atoms with Crippen LogP contribution in [0.25, 0.3) is 0 Å². The molecule has 1 unspecified atom stereocenters. The molecule has 0 saturated heterocycles. The number of nitrogens with two attached hydrogens (primary N) is 1. The van der Waals surface area contributed by atoms with E-state index in [1.807, 2.05) is 6.92 Å². The fraction of sp³-hybridized carbons (Fsp3) is 0.455. The summed E-state index contributed by atoms with van der Waals surface area (Å²) >= 11 is 0. The molecule has 0 amide bonds. The zero-order chi connectivity index (χ0) is 8.97. The molecule has 0 aromatic heterocycles. The van der Waals surface area contributed by atoms with Gasteiger partial charge < -0.3 is 5.73 Å². The predicted octanol–water partition coefficient (Wildman–Crippen LogP) is 2.41. The Morgan fingerprint density at radius 1 is 1.75 bits per heavy atom. The van der Waals surface area contributed by atoms with Gasteiger partial charge in [-0.05, 0) is 37.8 Å². The van der Waals surface area contributed by atoms with E-state index in [-0.39, 0.29) is 0 Å². The van der Waals surface area contributed by atoms with Crippen molar-refractivity contribution in [2.24, 2.45) is 11.7 Å². The van der Waals surface area contributed by atoms with Crippen molar-refractivity contribution in [1.29, 1.82) is 0 Å². The van der Waals surface area contributed by atoms with Crippen LogP contribution in [-0.2, 0) is 0 Å². The Kier molecular flexibility index (Phi) is 3.30. The van der Waals surface area contributed by atoms with Gasteiger partial charge in [0.1, 0.15) is 0 Å². The minimum Gasteiger partial charge on any atom is -0.330 e. The maximum Gasteiger partial charge on any atom is -0.00715 e.